The van der Waals surface area contributed by atoms with Crippen molar-refractivity contribution in [1.29, 1.82) is 5.26 Å². The third kappa shape index (κ3) is 4.88. The minimum absolute atomic E-state index is 0.182. The van der Waals surface area contributed by atoms with Crippen LogP contribution in [-0.4, -0.2) is 26.3 Å². The topological polar surface area (TPSA) is 97.0 Å². The van der Waals surface area contributed by atoms with E-state index in [4.69, 9.17) is 27.9 Å². The molecular weight excluding hydrogens is 492 g/mol. The van der Waals surface area contributed by atoms with Crippen LogP contribution in [0.5, 0.6) is 5.75 Å². The molecule has 0 aliphatic carbocycles. The highest BCUT2D eigenvalue weighted by Gasteiger charge is 2.33. The van der Waals surface area contributed by atoms with E-state index >= 15 is 0 Å². The van der Waals surface area contributed by atoms with Gasteiger partial charge in [0.1, 0.15) is 22.4 Å². The maximum atomic E-state index is 13.1. The van der Waals surface area contributed by atoms with Gasteiger partial charge in [-0.05, 0) is 24.3 Å². The molecule has 1 aromatic heterocycles. The molecule has 1 unspecified atom stereocenters. The number of benzene rings is 2. The number of hydrogen-bond donors (Lipinski definition) is 1. The summed E-state index contributed by atoms with van der Waals surface area (Å²) in [5.74, 6) is -0.117. The smallest absolute Gasteiger partial charge is 0.410 e. The third-order valence-corrected chi connectivity index (χ3v) is 5.50. The Hall–Kier alpha value is -3.07. The van der Waals surface area contributed by atoms with E-state index in [9.17, 15) is 27.4 Å². The molecule has 7 nitrogen and oxygen atoms in total. The van der Waals surface area contributed by atoms with E-state index in [0.29, 0.717) is 12.1 Å². The second kappa shape index (κ2) is 9.20. The molecule has 1 amide bonds. The molecule has 0 bridgehead atoms. The molecule has 0 saturated carbocycles. The number of carbonyl (C=O) groups excluding carboxylic acids is 1. The van der Waals surface area contributed by atoms with Gasteiger partial charge in [-0.25, -0.2) is 9.48 Å². The van der Waals surface area contributed by atoms with Gasteiger partial charge in [-0.3, -0.25) is 9.53 Å². The molecule has 13 heteroatoms. The van der Waals surface area contributed by atoms with Gasteiger partial charge in [0.05, 0.1) is 26.4 Å². The van der Waals surface area contributed by atoms with E-state index in [1.807, 2.05) is 0 Å². The first-order chi connectivity index (χ1) is 15.0. The Balaban J connectivity index is 2.14. The molecule has 0 spiro atoms. The molecule has 2 aromatic carbocycles. The Morgan fingerprint density at radius 3 is 2.31 bits per heavy atom. The Labute approximate surface area is 191 Å². The normalized spacial score (nSPS) is 12.2. The summed E-state index contributed by atoms with van der Waals surface area (Å²) in [7, 11) is -1.84. The van der Waals surface area contributed by atoms with Crippen molar-refractivity contribution in [2.24, 2.45) is 0 Å². The number of halogens is 5. The summed E-state index contributed by atoms with van der Waals surface area (Å²) >= 11 is 12.1. The largest absolute Gasteiger partial charge is 0.418 e. The number of ether oxygens (including phenoxy) is 1. The molecule has 1 atom stereocenters. The lowest BCUT2D eigenvalue weighted by atomic mass is 10.2. The van der Waals surface area contributed by atoms with Crippen LogP contribution < -0.4 is 10.1 Å². The number of nitrogens with one attached hydrogen (secondary N) is 1. The van der Waals surface area contributed by atoms with Crippen molar-refractivity contribution in [2.45, 2.75) is 11.1 Å². The molecule has 0 aliphatic rings. The van der Waals surface area contributed by atoms with E-state index in [1.54, 1.807) is 24.3 Å². The molecule has 32 heavy (non-hydrogen) atoms. The monoisotopic (exact) mass is 502 g/mol. The first-order valence-corrected chi connectivity index (χ1v) is 10.8. The van der Waals surface area contributed by atoms with Crippen molar-refractivity contribution >= 4 is 45.9 Å². The summed E-state index contributed by atoms with van der Waals surface area (Å²) < 4.78 is 57.5. The van der Waals surface area contributed by atoms with E-state index < -0.39 is 38.7 Å². The van der Waals surface area contributed by atoms with Gasteiger partial charge >= 0.3 is 12.3 Å². The maximum absolute atomic E-state index is 13.1. The van der Waals surface area contributed by atoms with Gasteiger partial charge in [0.2, 0.25) is 0 Å². The van der Waals surface area contributed by atoms with Crippen LogP contribution in [0.2, 0.25) is 10.0 Å². The minimum Gasteiger partial charge on any atom is -0.410 e. The van der Waals surface area contributed by atoms with Crippen molar-refractivity contribution in [3.63, 3.8) is 0 Å². The number of nitrogens with zero attached hydrogens (tertiary/aromatic N) is 3. The second-order valence-electron chi connectivity index (χ2n) is 6.12. The fourth-order valence-corrected chi connectivity index (χ4v) is 4.09. The van der Waals surface area contributed by atoms with Gasteiger partial charge in [0.15, 0.2) is 11.5 Å². The zero-order valence-corrected chi connectivity index (χ0v) is 18.2. The van der Waals surface area contributed by atoms with E-state index in [0.717, 1.165) is 4.68 Å². The van der Waals surface area contributed by atoms with Gasteiger partial charge < -0.3 is 4.74 Å². The van der Waals surface area contributed by atoms with Crippen LogP contribution in [0.15, 0.2) is 47.4 Å². The van der Waals surface area contributed by atoms with Gasteiger partial charge in [0, 0.05) is 6.26 Å². The van der Waals surface area contributed by atoms with Gasteiger partial charge in [0.25, 0.3) is 0 Å². The molecule has 0 fully saturated rings. The van der Waals surface area contributed by atoms with Crippen LogP contribution in [0.25, 0.3) is 5.69 Å². The van der Waals surface area contributed by atoms with Crippen LogP contribution in [-0.2, 0) is 17.0 Å². The number of aromatic nitrogens is 2. The summed E-state index contributed by atoms with van der Waals surface area (Å²) in [6, 6.07) is 10.9. The fourth-order valence-electron chi connectivity index (χ4n) is 2.67. The zero-order valence-electron chi connectivity index (χ0n) is 15.9. The van der Waals surface area contributed by atoms with Crippen molar-refractivity contribution in [3.05, 3.63) is 63.8 Å². The van der Waals surface area contributed by atoms with Crippen molar-refractivity contribution < 1.29 is 26.9 Å². The average Bonchev–Trinajstić information content (AvgIpc) is 3.05. The number of rotatable bonds is 4. The Kier molecular flexibility index (Phi) is 6.78. The Morgan fingerprint density at radius 1 is 1.22 bits per heavy atom. The fraction of sp³-hybridized carbons (Fsp3) is 0.105. The number of anilines is 1. The average molecular weight is 503 g/mol. The number of alkyl halides is 3. The number of nitriles is 1. The highest BCUT2D eigenvalue weighted by molar-refractivity contribution is 7.84. The van der Waals surface area contributed by atoms with E-state index in [-0.39, 0.29) is 27.8 Å². The summed E-state index contributed by atoms with van der Waals surface area (Å²) in [5.41, 5.74) is -1.72. The van der Waals surface area contributed by atoms with Crippen molar-refractivity contribution in [1.82, 2.24) is 9.78 Å². The first-order valence-electron chi connectivity index (χ1n) is 8.50. The molecule has 0 radical (unpaired) electrons. The standard InChI is InChI=1S/C19H11Cl2F3N4O3S/c1-32(30)16-14(9-25)27-28(15-12(20)7-10(8-13(15)21)19(22,23)24)17(16)26-18(29)31-11-5-3-2-4-6-11/h2-8H,1H3,(H,26,29). The molecular formula is C19H11Cl2F3N4O3S. The number of hydrogen-bond acceptors (Lipinski definition) is 5. The Morgan fingerprint density at radius 2 is 1.81 bits per heavy atom. The number of para-hydroxylation sites is 1. The third-order valence-electron chi connectivity index (χ3n) is 3.97. The minimum atomic E-state index is -4.72. The lowest BCUT2D eigenvalue weighted by Gasteiger charge is -2.15. The van der Waals surface area contributed by atoms with Crippen LogP contribution >= 0.6 is 23.2 Å². The van der Waals surface area contributed by atoms with Crippen molar-refractivity contribution in [2.75, 3.05) is 11.6 Å². The zero-order chi connectivity index (χ0) is 23.6. The molecule has 3 rings (SSSR count). The summed E-state index contributed by atoms with van der Waals surface area (Å²) in [4.78, 5) is 12.2. The number of carbonyl (C=O) groups is 1. The van der Waals surface area contributed by atoms with Crippen LogP contribution in [0.1, 0.15) is 11.3 Å². The van der Waals surface area contributed by atoms with Gasteiger partial charge in [-0.2, -0.15) is 23.5 Å². The van der Waals surface area contributed by atoms with Gasteiger partial charge in [-0.15, -0.1) is 0 Å². The quantitative estimate of drug-likeness (QED) is 0.513. The van der Waals surface area contributed by atoms with Crippen LogP contribution in [0.4, 0.5) is 23.8 Å². The van der Waals surface area contributed by atoms with E-state index in [2.05, 4.69) is 10.4 Å². The van der Waals surface area contributed by atoms with Crippen LogP contribution in [0, 0.1) is 11.3 Å². The molecule has 0 saturated heterocycles. The summed E-state index contributed by atoms with van der Waals surface area (Å²) in [6.45, 7) is 0. The molecule has 1 heterocycles. The lowest BCUT2D eigenvalue weighted by molar-refractivity contribution is -0.137. The predicted molar refractivity (Wildman–Crippen MR) is 112 cm³/mol. The molecule has 166 valence electrons. The lowest BCUT2D eigenvalue weighted by Crippen LogP contribution is -2.20. The number of amides is 1. The highest BCUT2D eigenvalue weighted by atomic mass is 35.5. The summed E-state index contributed by atoms with van der Waals surface area (Å²) in [6.07, 6.45) is -4.52. The highest BCUT2D eigenvalue weighted by Crippen LogP contribution is 2.39. The molecule has 0 aliphatic heterocycles. The van der Waals surface area contributed by atoms with Crippen molar-refractivity contribution in [3.8, 4) is 17.5 Å². The SMILES string of the molecule is CS(=O)c1c(C#N)nn(-c2c(Cl)cc(C(F)(F)F)cc2Cl)c1NC(=O)Oc1ccccc1. The van der Waals surface area contributed by atoms with Gasteiger partial charge in [-0.1, -0.05) is 41.4 Å². The molecule has 3 aromatic rings. The Bertz CT molecular complexity index is 1230. The molecule has 1 N–H and O–H groups in total. The maximum Gasteiger partial charge on any atom is 0.418 e. The van der Waals surface area contributed by atoms with Crippen LogP contribution in [0.3, 0.4) is 0 Å². The predicted octanol–water partition coefficient (Wildman–Crippen LogP) is 5.42. The van der Waals surface area contributed by atoms with E-state index in [1.165, 1.54) is 18.4 Å². The second-order valence-corrected chi connectivity index (χ2v) is 8.25. The first kappa shape index (κ1) is 23.6. The summed E-state index contributed by atoms with van der Waals surface area (Å²) in [5, 5.41) is 14.7.